The second-order valence-electron chi connectivity index (χ2n) is 4.16. The molecule has 2 amide bonds. The number of carbonyl (C=O) groups excluding carboxylic acids is 1. The molecule has 8 heteroatoms. The van der Waals surface area contributed by atoms with Gasteiger partial charge in [-0.25, -0.2) is 9.59 Å². The molecular weight excluding hydrogens is 408 g/mol. The van der Waals surface area contributed by atoms with Gasteiger partial charge in [0.25, 0.3) is 0 Å². The third kappa shape index (κ3) is 5.29. The zero-order chi connectivity index (χ0) is 16.0. The zero-order valence-corrected chi connectivity index (χ0v) is 14.8. The lowest BCUT2D eigenvalue weighted by Crippen LogP contribution is -2.34. The van der Waals surface area contributed by atoms with Crippen LogP contribution in [0.2, 0.25) is 0 Å². The summed E-state index contributed by atoms with van der Waals surface area (Å²) in [6.07, 6.45) is 0. The number of ether oxygens (including phenoxy) is 1. The number of urea groups is 1. The monoisotopic (exact) mass is 422 g/mol. The first-order valence-electron chi connectivity index (χ1n) is 6.19. The Bertz CT molecular complexity index is 537. The van der Waals surface area contributed by atoms with Gasteiger partial charge in [0.15, 0.2) is 0 Å². The van der Waals surface area contributed by atoms with Crippen LogP contribution in [0.3, 0.4) is 0 Å². The van der Waals surface area contributed by atoms with Crippen LogP contribution in [0.15, 0.2) is 21.1 Å². The fourth-order valence-corrected chi connectivity index (χ4v) is 2.84. The first-order valence-corrected chi connectivity index (χ1v) is 7.77. The number of halogens is 2. The van der Waals surface area contributed by atoms with Crippen LogP contribution >= 0.6 is 31.9 Å². The minimum absolute atomic E-state index is 0.00260. The molecule has 0 heterocycles. The molecule has 0 unspecified atom stereocenters. The van der Waals surface area contributed by atoms with Crippen LogP contribution < -0.4 is 5.32 Å². The van der Waals surface area contributed by atoms with Crippen molar-refractivity contribution in [3.8, 4) is 0 Å². The molecule has 0 aliphatic carbocycles. The van der Waals surface area contributed by atoms with Gasteiger partial charge in [0, 0.05) is 29.1 Å². The molecule has 21 heavy (non-hydrogen) atoms. The van der Waals surface area contributed by atoms with E-state index in [1.165, 1.54) is 11.0 Å². The maximum atomic E-state index is 12.1. The molecule has 1 rings (SSSR count). The average molecular weight is 424 g/mol. The normalized spacial score (nSPS) is 10.3. The van der Waals surface area contributed by atoms with E-state index in [0.717, 1.165) is 0 Å². The fraction of sp³-hybridized carbons (Fsp3) is 0.385. The predicted molar refractivity (Wildman–Crippen MR) is 86.9 cm³/mol. The number of aromatic carboxylic acids is 1. The molecule has 0 saturated heterocycles. The quantitative estimate of drug-likeness (QED) is 0.687. The number of rotatable bonds is 6. The highest BCUT2D eigenvalue weighted by atomic mass is 79.9. The molecule has 0 aliphatic heterocycles. The lowest BCUT2D eigenvalue weighted by molar-refractivity contribution is 0.0698. The van der Waals surface area contributed by atoms with Gasteiger partial charge in [0.2, 0.25) is 0 Å². The molecular formula is C13H16Br2N2O4. The van der Waals surface area contributed by atoms with E-state index in [4.69, 9.17) is 4.74 Å². The number of nitrogens with one attached hydrogen (secondary N) is 1. The minimum Gasteiger partial charge on any atom is -0.478 e. The smallest absolute Gasteiger partial charge is 0.337 e. The number of carboxylic acid groups (broad SMARTS) is 1. The van der Waals surface area contributed by atoms with Gasteiger partial charge in [0.1, 0.15) is 0 Å². The molecule has 0 spiro atoms. The number of anilines is 1. The van der Waals surface area contributed by atoms with E-state index >= 15 is 0 Å². The summed E-state index contributed by atoms with van der Waals surface area (Å²) in [5.74, 6) is -1.12. The second-order valence-corrected chi connectivity index (χ2v) is 5.93. The van der Waals surface area contributed by atoms with E-state index in [1.807, 2.05) is 6.92 Å². The standard InChI is InChI=1S/C13H16Br2N2O4/c1-3-21-5-4-17(2)13(20)16-11-9(12(18)19)6-8(14)7-10(11)15/h6-7H,3-5H2,1-2H3,(H,16,20)(H,18,19). The van der Waals surface area contributed by atoms with Crippen molar-refractivity contribution in [1.82, 2.24) is 4.90 Å². The molecule has 0 atom stereocenters. The van der Waals surface area contributed by atoms with Crippen molar-refractivity contribution in [3.05, 3.63) is 26.6 Å². The average Bonchev–Trinajstić information content (AvgIpc) is 2.41. The summed E-state index contributed by atoms with van der Waals surface area (Å²) in [4.78, 5) is 24.7. The lowest BCUT2D eigenvalue weighted by atomic mass is 10.2. The number of carbonyl (C=O) groups is 2. The van der Waals surface area contributed by atoms with Crippen molar-refractivity contribution < 1.29 is 19.4 Å². The molecule has 0 aromatic heterocycles. The Morgan fingerprint density at radius 2 is 2.05 bits per heavy atom. The number of carboxylic acids is 1. The van der Waals surface area contributed by atoms with Gasteiger partial charge in [0.05, 0.1) is 17.9 Å². The molecule has 0 saturated carbocycles. The van der Waals surface area contributed by atoms with Crippen LogP contribution in [-0.4, -0.2) is 48.8 Å². The molecule has 0 bridgehead atoms. The minimum atomic E-state index is -1.12. The van der Waals surface area contributed by atoms with Gasteiger partial charge in [-0.05, 0) is 35.0 Å². The maximum absolute atomic E-state index is 12.1. The number of nitrogens with zero attached hydrogens (tertiary/aromatic N) is 1. The summed E-state index contributed by atoms with van der Waals surface area (Å²) < 4.78 is 6.27. The summed E-state index contributed by atoms with van der Waals surface area (Å²) in [5.41, 5.74) is 0.224. The lowest BCUT2D eigenvalue weighted by Gasteiger charge is -2.19. The van der Waals surface area contributed by atoms with Gasteiger partial charge < -0.3 is 20.1 Å². The largest absolute Gasteiger partial charge is 0.478 e. The van der Waals surface area contributed by atoms with E-state index in [1.54, 1.807) is 13.1 Å². The third-order valence-electron chi connectivity index (χ3n) is 2.64. The van der Waals surface area contributed by atoms with Crippen molar-refractivity contribution in [2.24, 2.45) is 0 Å². The van der Waals surface area contributed by atoms with Crippen LogP contribution in [0.25, 0.3) is 0 Å². The van der Waals surface area contributed by atoms with Crippen molar-refractivity contribution in [2.45, 2.75) is 6.92 Å². The topological polar surface area (TPSA) is 78.9 Å². The van der Waals surface area contributed by atoms with Crippen molar-refractivity contribution in [1.29, 1.82) is 0 Å². The second kappa shape index (κ2) is 8.35. The first-order chi connectivity index (χ1) is 9.86. The molecule has 116 valence electrons. The van der Waals surface area contributed by atoms with Crippen LogP contribution in [0, 0.1) is 0 Å². The Labute approximate surface area is 139 Å². The van der Waals surface area contributed by atoms with Crippen molar-refractivity contribution >= 4 is 49.5 Å². The van der Waals surface area contributed by atoms with Crippen LogP contribution in [0.5, 0.6) is 0 Å². The number of likely N-dealkylation sites (N-methyl/N-ethyl adjacent to an activating group) is 1. The Balaban J connectivity index is 2.87. The SMILES string of the molecule is CCOCCN(C)C(=O)Nc1c(Br)cc(Br)cc1C(=O)O. The van der Waals surface area contributed by atoms with E-state index in [0.29, 0.717) is 28.7 Å². The summed E-state index contributed by atoms with van der Waals surface area (Å²) in [6.45, 7) is 3.29. The van der Waals surface area contributed by atoms with Crippen molar-refractivity contribution in [3.63, 3.8) is 0 Å². The zero-order valence-electron chi connectivity index (χ0n) is 11.7. The highest BCUT2D eigenvalue weighted by molar-refractivity contribution is 9.11. The molecule has 0 fully saturated rings. The molecule has 1 aromatic rings. The van der Waals surface area contributed by atoms with Crippen molar-refractivity contribution in [2.75, 3.05) is 32.1 Å². The van der Waals surface area contributed by atoms with Gasteiger partial charge in [-0.15, -0.1) is 0 Å². The van der Waals surface area contributed by atoms with Gasteiger partial charge in [-0.1, -0.05) is 15.9 Å². The number of hydrogen-bond acceptors (Lipinski definition) is 3. The van der Waals surface area contributed by atoms with Gasteiger partial charge in [-0.3, -0.25) is 0 Å². The Morgan fingerprint density at radius 3 is 2.62 bits per heavy atom. The third-order valence-corrected chi connectivity index (χ3v) is 3.72. The van der Waals surface area contributed by atoms with Crippen LogP contribution in [0.4, 0.5) is 10.5 Å². The number of benzene rings is 1. The van der Waals surface area contributed by atoms with Crippen LogP contribution in [0.1, 0.15) is 17.3 Å². The van der Waals surface area contributed by atoms with E-state index < -0.39 is 12.0 Å². The van der Waals surface area contributed by atoms with Gasteiger partial charge in [-0.2, -0.15) is 0 Å². The summed E-state index contributed by atoms with van der Waals surface area (Å²) in [6, 6.07) is 2.70. The van der Waals surface area contributed by atoms with E-state index in [2.05, 4.69) is 37.2 Å². The summed E-state index contributed by atoms with van der Waals surface area (Å²) in [5, 5.41) is 11.8. The Kier molecular flexibility index (Phi) is 7.13. The Morgan fingerprint density at radius 1 is 1.38 bits per heavy atom. The summed E-state index contributed by atoms with van der Waals surface area (Å²) >= 11 is 6.48. The maximum Gasteiger partial charge on any atom is 0.337 e. The predicted octanol–water partition coefficient (Wildman–Crippen LogP) is 3.41. The Hall–Kier alpha value is -1.12. The molecule has 6 nitrogen and oxygen atoms in total. The molecule has 1 aromatic carbocycles. The fourth-order valence-electron chi connectivity index (χ4n) is 1.52. The first kappa shape index (κ1) is 17.9. The summed E-state index contributed by atoms with van der Waals surface area (Å²) in [7, 11) is 1.61. The molecule has 0 radical (unpaired) electrons. The highest BCUT2D eigenvalue weighted by Crippen LogP contribution is 2.31. The van der Waals surface area contributed by atoms with Gasteiger partial charge >= 0.3 is 12.0 Å². The molecule has 2 N–H and O–H groups in total. The highest BCUT2D eigenvalue weighted by Gasteiger charge is 2.18. The number of hydrogen-bond donors (Lipinski definition) is 2. The van der Waals surface area contributed by atoms with E-state index in [9.17, 15) is 14.7 Å². The van der Waals surface area contributed by atoms with Crippen LogP contribution in [-0.2, 0) is 4.74 Å². The molecule has 0 aliphatic rings. The van der Waals surface area contributed by atoms with E-state index in [-0.39, 0.29) is 11.3 Å². The number of amides is 2.